The SMILES string of the molecule is C1=CCCC=C1.C1=Cc2ccccc2ON1. The fourth-order valence-electron chi connectivity index (χ4n) is 1.47. The van der Waals surface area contributed by atoms with Crippen molar-refractivity contribution in [3.8, 4) is 5.75 Å². The molecule has 1 N–H and O–H groups in total. The van der Waals surface area contributed by atoms with Crippen molar-refractivity contribution in [3.05, 3.63) is 60.3 Å². The van der Waals surface area contributed by atoms with Crippen molar-refractivity contribution in [1.29, 1.82) is 0 Å². The molecular weight excluding hydrogens is 198 g/mol. The summed E-state index contributed by atoms with van der Waals surface area (Å²) < 4.78 is 0. The summed E-state index contributed by atoms with van der Waals surface area (Å²) in [5.74, 6) is 0.880. The Kier molecular flexibility index (Phi) is 3.83. The van der Waals surface area contributed by atoms with E-state index in [0.717, 1.165) is 11.3 Å². The number of hydrogen-bond donors (Lipinski definition) is 1. The summed E-state index contributed by atoms with van der Waals surface area (Å²) in [7, 11) is 0. The van der Waals surface area contributed by atoms with Gasteiger partial charge in [-0.3, -0.25) is 0 Å². The van der Waals surface area contributed by atoms with Crippen LogP contribution in [0, 0.1) is 0 Å². The maximum absolute atomic E-state index is 5.09. The average Bonchev–Trinajstić information content (AvgIpc) is 2.42. The monoisotopic (exact) mass is 213 g/mol. The molecule has 0 aromatic heterocycles. The second kappa shape index (κ2) is 5.81. The van der Waals surface area contributed by atoms with Crippen LogP contribution in [-0.2, 0) is 0 Å². The van der Waals surface area contributed by atoms with Crippen LogP contribution in [-0.4, -0.2) is 0 Å². The molecule has 0 spiro atoms. The maximum Gasteiger partial charge on any atom is 0.162 e. The zero-order chi connectivity index (χ0) is 11.1. The molecule has 2 heteroatoms. The third kappa shape index (κ3) is 3.02. The first-order valence-corrected chi connectivity index (χ1v) is 5.46. The minimum Gasteiger partial charge on any atom is -0.382 e. The number of nitrogens with one attached hydrogen (secondary N) is 1. The number of hydrogen-bond acceptors (Lipinski definition) is 2. The molecule has 16 heavy (non-hydrogen) atoms. The highest BCUT2D eigenvalue weighted by atomic mass is 16.6. The largest absolute Gasteiger partial charge is 0.382 e. The van der Waals surface area contributed by atoms with E-state index in [0.29, 0.717) is 0 Å². The number of benzene rings is 1. The highest BCUT2D eigenvalue weighted by molar-refractivity contribution is 5.57. The normalized spacial score (nSPS) is 15.2. The Balaban J connectivity index is 0.000000138. The molecule has 1 aromatic carbocycles. The lowest BCUT2D eigenvalue weighted by Gasteiger charge is -2.11. The molecule has 2 nitrogen and oxygen atoms in total. The Morgan fingerprint density at radius 3 is 2.38 bits per heavy atom. The van der Waals surface area contributed by atoms with Crippen molar-refractivity contribution in [1.82, 2.24) is 5.48 Å². The molecule has 0 bridgehead atoms. The van der Waals surface area contributed by atoms with Gasteiger partial charge in [0.2, 0.25) is 0 Å². The van der Waals surface area contributed by atoms with E-state index < -0.39 is 0 Å². The van der Waals surface area contributed by atoms with Gasteiger partial charge in [0, 0.05) is 11.8 Å². The standard InChI is InChI=1S/C8H7NO.C6H8/c1-2-4-8-7(3-1)5-6-9-10-8;1-2-4-6-5-3-1/h1-6,9H;1-4H,5-6H2. The second-order valence-electron chi connectivity index (χ2n) is 3.52. The van der Waals surface area contributed by atoms with Gasteiger partial charge in [0.15, 0.2) is 5.75 Å². The highest BCUT2D eigenvalue weighted by Crippen LogP contribution is 2.20. The Morgan fingerprint density at radius 1 is 1.00 bits per heavy atom. The number of hydroxylamine groups is 1. The third-order valence-electron chi connectivity index (χ3n) is 2.30. The van der Waals surface area contributed by atoms with Crippen molar-refractivity contribution in [3.63, 3.8) is 0 Å². The molecule has 0 amide bonds. The lowest BCUT2D eigenvalue weighted by molar-refractivity contribution is 0.239. The molecule has 1 aliphatic heterocycles. The van der Waals surface area contributed by atoms with Crippen molar-refractivity contribution in [2.75, 3.05) is 0 Å². The topological polar surface area (TPSA) is 21.3 Å². The Labute approximate surface area is 95.9 Å². The van der Waals surface area contributed by atoms with E-state index >= 15 is 0 Å². The Hall–Kier alpha value is -1.96. The molecule has 0 unspecified atom stereocenters. The van der Waals surface area contributed by atoms with Crippen LogP contribution in [0.5, 0.6) is 5.75 Å². The molecule has 0 radical (unpaired) electrons. The van der Waals surface area contributed by atoms with Crippen LogP contribution in [0.3, 0.4) is 0 Å². The van der Waals surface area contributed by atoms with Gasteiger partial charge in [-0.25, -0.2) is 5.48 Å². The van der Waals surface area contributed by atoms with E-state index in [1.165, 1.54) is 12.8 Å². The smallest absolute Gasteiger partial charge is 0.162 e. The van der Waals surface area contributed by atoms with Gasteiger partial charge in [0.1, 0.15) is 0 Å². The van der Waals surface area contributed by atoms with Crippen LogP contribution in [0.15, 0.2) is 54.8 Å². The molecule has 3 rings (SSSR count). The number of rotatable bonds is 0. The van der Waals surface area contributed by atoms with Crippen LogP contribution < -0.4 is 10.3 Å². The zero-order valence-corrected chi connectivity index (χ0v) is 9.10. The minimum atomic E-state index is 0.880. The van der Waals surface area contributed by atoms with Crippen molar-refractivity contribution in [2.45, 2.75) is 12.8 Å². The second-order valence-corrected chi connectivity index (χ2v) is 3.52. The van der Waals surface area contributed by atoms with Gasteiger partial charge in [0.05, 0.1) is 0 Å². The zero-order valence-electron chi connectivity index (χ0n) is 9.10. The van der Waals surface area contributed by atoms with Crippen LogP contribution >= 0.6 is 0 Å². The molecular formula is C14H15NO. The van der Waals surface area contributed by atoms with Gasteiger partial charge in [-0.05, 0) is 25.0 Å². The highest BCUT2D eigenvalue weighted by Gasteiger charge is 2.01. The van der Waals surface area contributed by atoms with E-state index in [1.54, 1.807) is 6.20 Å². The van der Waals surface area contributed by atoms with Crippen LogP contribution in [0.25, 0.3) is 6.08 Å². The van der Waals surface area contributed by atoms with Crippen molar-refractivity contribution in [2.24, 2.45) is 0 Å². The van der Waals surface area contributed by atoms with Gasteiger partial charge < -0.3 is 4.84 Å². The molecule has 1 heterocycles. The predicted octanol–water partition coefficient (Wildman–Crippen LogP) is 3.45. The van der Waals surface area contributed by atoms with Gasteiger partial charge >= 0.3 is 0 Å². The average molecular weight is 213 g/mol. The van der Waals surface area contributed by atoms with Gasteiger partial charge in [-0.1, -0.05) is 42.5 Å². The van der Waals surface area contributed by atoms with Crippen LogP contribution in [0.1, 0.15) is 18.4 Å². The number of para-hydroxylation sites is 1. The summed E-state index contributed by atoms with van der Waals surface area (Å²) in [6.07, 6.45) is 14.7. The summed E-state index contributed by atoms with van der Waals surface area (Å²) in [5.41, 5.74) is 3.77. The molecule has 0 saturated heterocycles. The number of allylic oxidation sites excluding steroid dienone is 4. The number of fused-ring (bicyclic) bond motifs is 1. The van der Waals surface area contributed by atoms with E-state index in [2.05, 4.69) is 29.8 Å². The summed E-state index contributed by atoms with van der Waals surface area (Å²) in [4.78, 5) is 5.09. The van der Waals surface area contributed by atoms with Crippen LogP contribution in [0.4, 0.5) is 0 Å². The van der Waals surface area contributed by atoms with Gasteiger partial charge in [0.25, 0.3) is 0 Å². The Bertz CT molecular complexity index is 406. The van der Waals surface area contributed by atoms with E-state index in [-0.39, 0.29) is 0 Å². The molecule has 2 aliphatic rings. The quantitative estimate of drug-likeness (QED) is 0.712. The molecule has 1 aliphatic carbocycles. The summed E-state index contributed by atoms with van der Waals surface area (Å²) in [6.45, 7) is 0. The molecule has 0 atom stereocenters. The van der Waals surface area contributed by atoms with E-state index in [1.807, 2.05) is 30.3 Å². The first-order chi connectivity index (χ1) is 7.97. The predicted molar refractivity (Wildman–Crippen MR) is 66.8 cm³/mol. The molecule has 82 valence electrons. The summed E-state index contributed by atoms with van der Waals surface area (Å²) in [5, 5.41) is 0. The first kappa shape index (κ1) is 10.6. The fourth-order valence-corrected chi connectivity index (χ4v) is 1.47. The first-order valence-electron chi connectivity index (χ1n) is 5.46. The molecule has 0 saturated carbocycles. The molecule has 0 fully saturated rings. The Morgan fingerprint density at radius 2 is 1.75 bits per heavy atom. The molecule has 1 aromatic rings. The summed E-state index contributed by atoms with van der Waals surface area (Å²) in [6, 6.07) is 7.86. The van der Waals surface area contributed by atoms with Crippen LogP contribution in [0.2, 0.25) is 0 Å². The fraction of sp³-hybridized carbons (Fsp3) is 0.143. The maximum atomic E-state index is 5.09. The lowest BCUT2D eigenvalue weighted by Crippen LogP contribution is -2.13. The van der Waals surface area contributed by atoms with E-state index in [9.17, 15) is 0 Å². The third-order valence-corrected chi connectivity index (χ3v) is 2.30. The van der Waals surface area contributed by atoms with Gasteiger partial charge in [-0.2, -0.15) is 0 Å². The van der Waals surface area contributed by atoms with Crippen molar-refractivity contribution >= 4 is 6.08 Å². The lowest BCUT2D eigenvalue weighted by atomic mass is 10.2. The minimum absolute atomic E-state index is 0.880. The van der Waals surface area contributed by atoms with E-state index in [4.69, 9.17) is 4.84 Å². The summed E-state index contributed by atoms with van der Waals surface area (Å²) >= 11 is 0. The van der Waals surface area contributed by atoms with Gasteiger partial charge in [-0.15, -0.1) is 0 Å². The van der Waals surface area contributed by atoms with Crippen molar-refractivity contribution < 1.29 is 4.84 Å².